The summed E-state index contributed by atoms with van der Waals surface area (Å²) in [5.74, 6) is 1.68. The van der Waals surface area contributed by atoms with Crippen LogP contribution >= 0.6 is 0 Å². The van der Waals surface area contributed by atoms with Gasteiger partial charge in [0.05, 0.1) is 6.54 Å². The highest BCUT2D eigenvalue weighted by Crippen LogP contribution is 2.36. The molecule has 3 aromatic heterocycles. The molecule has 11 heteroatoms. The fourth-order valence-corrected chi connectivity index (χ4v) is 6.60. The Bertz CT molecular complexity index is 1870. The number of hydrogen-bond donors (Lipinski definition) is 1. The Morgan fingerprint density at radius 1 is 1.00 bits per heavy atom. The van der Waals surface area contributed by atoms with Crippen LogP contribution in [-0.4, -0.2) is 61.9 Å². The third kappa shape index (κ3) is 4.77. The summed E-state index contributed by atoms with van der Waals surface area (Å²) in [5.41, 5.74) is 3.56. The SMILES string of the molecule is CN1Cc2cc(Nc3ncc4c(=O)n5n(c4n3)-c3ccc4c(n3)N(CC(C)(C)CC=CC5)C(=O)CO4)ccc2C(C)(C)C1. The van der Waals surface area contributed by atoms with Gasteiger partial charge in [-0.3, -0.25) is 14.5 Å². The third-order valence-corrected chi connectivity index (χ3v) is 8.52. The van der Waals surface area contributed by atoms with E-state index in [4.69, 9.17) is 14.7 Å². The largest absolute Gasteiger partial charge is 0.480 e. The molecule has 1 N–H and O–H groups in total. The Morgan fingerprint density at radius 3 is 2.67 bits per heavy atom. The summed E-state index contributed by atoms with van der Waals surface area (Å²) in [5, 5.41) is 3.74. The number of allylic oxidation sites excluding steroid dienone is 2. The van der Waals surface area contributed by atoms with Crippen LogP contribution < -0.4 is 20.5 Å². The van der Waals surface area contributed by atoms with Crippen LogP contribution in [-0.2, 0) is 23.3 Å². The van der Waals surface area contributed by atoms with E-state index in [9.17, 15) is 9.59 Å². The second kappa shape index (κ2) is 9.77. The van der Waals surface area contributed by atoms with E-state index in [0.717, 1.165) is 25.2 Å². The average molecular weight is 581 g/mol. The molecule has 1 aromatic carbocycles. The second-order valence-electron chi connectivity index (χ2n) is 13.3. The van der Waals surface area contributed by atoms with Crippen LogP contribution in [0, 0.1) is 5.41 Å². The average Bonchev–Trinajstić information content (AvgIpc) is 3.21. The highest BCUT2D eigenvalue weighted by atomic mass is 16.5. The maximum absolute atomic E-state index is 13.7. The molecule has 1 amide bonds. The summed E-state index contributed by atoms with van der Waals surface area (Å²) in [6.07, 6.45) is 6.34. The number of ether oxygens (including phenoxy) is 1. The number of likely N-dealkylation sites (N-methyl/N-ethyl adjacent to an activating group) is 1. The van der Waals surface area contributed by atoms with Crippen molar-refractivity contribution in [2.24, 2.45) is 5.41 Å². The number of benzene rings is 1. The Labute approximate surface area is 249 Å². The number of carbonyl (C=O) groups is 1. The summed E-state index contributed by atoms with van der Waals surface area (Å²) in [7, 11) is 2.14. The van der Waals surface area contributed by atoms with Gasteiger partial charge in [0.25, 0.3) is 11.5 Å². The zero-order valence-electron chi connectivity index (χ0n) is 25.2. The molecule has 0 saturated heterocycles. The lowest BCUT2D eigenvalue weighted by molar-refractivity contribution is -0.121. The molecule has 6 heterocycles. The minimum absolute atomic E-state index is 0.0319. The number of rotatable bonds is 2. The van der Waals surface area contributed by atoms with Crippen molar-refractivity contribution in [3.8, 4) is 11.6 Å². The van der Waals surface area contributed by atoms with Crippen molar-refractivity contribution in [1.29, 1.82) is 0 Å². The van der Waals surface area contributed by atoms with Crippen LogP contribution in [0.4, 0.5) is 17.5 Å². The fraction of sp³-hybridized carbons (Fsp3) is 0.406. The molecule has 0 spiro atoms. The molecule has 222 valence electrons. The summed E-state index contributed by atoms with van der Waals surface area (Å²) >= 11 is 0. The zero-order chi connectivity index (χ0) is 30.1. The van der Waals surface area contributed by atoms with E-state index in [1.165, 1.54) is 11.1 Å². The van der Waals surface area contributed by atoms with Gasteiger partial charge in [0, 0.05) is 36.9 Å². The number of nitrogens with one attached hydrogen (secondary N) is 1. The number of aromatic nitrogens is 5. The Morgan fingerprint density at radius 2 is 1.84 bits per heavy atom. The lowest BCUT2D eigenvalue weighted by Crippen LogP contribution is -2.44. The molecular weight excluding hydrogens is 544 g/mol. The van der Waals surface area contributed by atoms with Gasteiger partial charge in [0.15, 0.2) is 29.6 Å². The molecule has 0 unspecified atom stereocenters. The molecule has 0 saturated carbocycles. The van der Waals surface area contributed by atoms with Gasteiger partial charge in [0.1, 0.15) is 5.39 Å². The zero-order valence-corrected chi connectivity index (χ0v) is 25.2. The van der Waals surface area contributed by atoms with Crippen molar-refractivity contribution in [1.82, 2.24) is 29.2 Å². The lowest BCUT2D eigenvalue weighted by Gasteiger charge is -2.38. The maximum Gasteiger partial charge on any atom is 0.278 e. The number of amides is 1. The number of fused-ring (bicyclic) bond motifs is 6. The summed E-state index contributed by atoms with van der Waals surface area (Å²) in [6.45, 7) is 11.4. The number of anilines is 3. The van der Waals surface area contributed by atoms with E-state index in [1.54, 1.807) is 32.6 Å². The topological polar surface area (TPSA) is 110 Å². The van der Waals surface area contributed by atoms with Crippen molar-refractivity contribution in [2.45, 2.75) is 52.6 Å². The second-order valence-corrected chi connectivity index (χ2v) is 13.3. The summed E-state index contributed by atoms with van der Waals surface area (Å²) in [4.78, 5) is 44.9. The van der Waals surface area contributed by atoms with E-state index in [2.05, 4.69) is 74.2 Å². The third-order valence-electron chi connectivity index (χ3n) is 8.52. The molecule has 4 aromatic rings. The van der Waals surface area contributed by atoms with E-state index in [0.29, 0.717) is 47.5 Å². The van der Waals surface area contributed by atoms with Crippen molar-refractivity contribution < 1.29 is 9.53 Å². The van der Waals surface area contributed by atoms with E-state index >= 15 is 0 Å². The Hall–Kier alpha value is -4.51. The van der Waals surface area contributed by atoms with Gasteiger partial charge in [-0.2, -0.15) is 4.98 Å². The van der Waals surface area contributed by atoms with Gasteiger partial charge in [-0.15, -0.1) is 0 Å². The van der Waals surface area contributed by atoms with Crippen molar-refractivity contribution in [2.75, 3.05) is 37.0 Å². The normalized spacial score (nSPS) is 19.2. The molecule has 3 aliphatic heterocycles. The van der Waals surface area contributed by atoms with Gasteiger partial charge >= 0.3 is 0 Å². The van der Waals surface area contributed by atoms with Gasteiger partial charge in [-0.05, 0) is 54.3 Å². The van der Waals surface area contributed by atoms with E-state index < -0.39 is 0 Å². The predicted octanol–water partition coefficient (Wildman–Crippen LogP) is 4.16. The van der Waals surface area contributed by atoms with Crippen molar-refractivity contribution in [3.05, 3.63) is 70.2 Å². The van der Waals surface area contributed by atoms with Crippen LogP contribution in [0.25, 0.3) is 16.9 Å². The van der Waals surface area contributed by atoms with Crippen LogP contribution in [0.3, 0.4) is 0 Å². The summed E-state index contributed by atoms with van der Waals surface area (Å²) < 4.78 is 9.05. The standard InChI is InChI=1S/C32H36N8O3/c1-31(2)12-6-7-13-39-29(42)22-15-33-30(34-21-8-9-23-20(14-21)16-37(5)19-32(23,3)4)36-27(22)40(39)25-11-10-24-28(35-25)38(18-31)26(41)17-43-24/h6-11,14-15H,12-13,16-19H2,1-5H3,(H,33,34,36). The molecule has 0 fully saturated rings. The Kier molecular flexibility index (Phi) is 6.21. The first-order valence-electron chi connectivity index (χ1n) is 14.7. The molecule has 2 bridgehead atoms. The smallest absolute Gasteiger partial charge is 0.278 e. The highest BCUT2D eigenvalue weighted by molar-refractivity contribution is 5.97. The quantitative estimate of drug-likeness (QED) is 0.352. The molecule has 0 radical (unpaired) electrons. The van der Waals surface area contributed by atoms with Crippen LogP contribution in [0.2, 0.25) is 0 Å². The summed E-state index contributed by atoms with van der Waals surface area (Å²) in [6, 6.07) is 9.98. The van der Waals surface area contributed by atoms with Crippen LogP contribution in [0.15, 0.2) is 53.5 Å². The highest BCUT2D eigenvalue weighted by Gasteiger charge is 2.33. The molecular formula is C32H36N8O3. The van der Waals surface area contributed by atoms with Gasteiger partial charge < -0.3 is 15.0 Å². The van der Waals surface area contributed by atoms with E-state index in [1.807, 2.05) is 6.08 Å². The van der Waals surface area contributed by atoms with Crippen molar-refractivity contribution >= 4 is 34.4 Å². The van der Waals surface area contributed by atoms with Crippen molar-refractivity contribution in [3.63, 3.8) is 0 Å². The van der Waals surface area contributed by atoms with E-state index in [-0.39, 0.29) is 28.9 Å². The monoisotopic (exact) mass is 580 g/mol. The van der Waals surface area contributed by atoms with Gasteiger partial charge in [-0.25, -0.2) is 19.3 Å². The van der Waals surface area contributed by atoms with Gasteiger partial charge in [0.2, 0.25) is 5.95 Å². The molecule has 0 atom stereocenters. The number of pyridine rings is 1. The lowest BCUT2D eigenvalue weighted by atomic mass is 9.78. The number of carbonyl (C=O) groups excluding carboxylic acids is 1. The first kappa shape index (κ1) is 27.3. The molecule has 11 nitrogen and oxygen atoms in total. The van der Waals surface area contributed by atoms with Gasteiger partial charge in [-0.1, -0.05) is 45.9 Å². The number of hydrogen-bond acceptors (Lipinski definition) is 8. The fourth-order valence-electron chi connectivity index (χ4n) is 6.60. The minimum atomic E-state index is -0.217. The number of nitrogens with zero attached hydrogens (tertiary/aromatic N) is 7. The van der Waals surface area contributed by atoms with Crippen LogP contribution in [0.5, 0.6) is 5.75 Å². The Balaban J connectivity index is 1.34. The van der Waals surface area contributed by atoms with Crippen LogP contribution in [0.1, 0.15) is 45.2 Å². The molecule has 3 aliphatic rings. The minimum Gasteiger partial charge on any atom is -0.480 e. The first-order valence-corrected chi connectivity index (χ1v) is 14.7. The predicted molar refractivity (Wildman–Crippen MR) is 165 cm³/mol. The molecule has 43 heavy (non-hydrogen) atoms. The molecule has 7 rings (SSSR count). The first-order chi connectivity index (χ1) is 20.5. The maximum atomic E-state index is 13.7. The molecule has 0 aliphatic carbocycles.